The zero-order valence-electron chi connectivity index (χ0n) is 21.7. The van der Waals surface area contributed by atoms with Gasteiger partial charge in [-0.05, 0) is 69.0 Å². The number of halogens is 2. The summed E-state index contributed by atoms with van der Waals surface area (Å²) in [6, 6.07) is 8.16. The normalized spacial score (nSPS) is 20.9. The van der Waals surface area contributed by atoms with E-state index < -0.39 is 28.3 Å². The molecule has 0 radical (unpaired) electrons. The number of aliphatic imine (C=N–C) groups is 1. The second-order valence-electron chi connectivity index (χ2n) is 10.4. The number of nitrogens with zero attached hydrogens (tertiary/aromatic N) is 3. The number of benzene rings is 1. The predicted molar refractivity (Wildman–Crippen MR) is 144 cm³/mol. The summed E-state index contributed by atoms with van der Waals surface area (Å²) < 4.78 is 56.0. The molecule has 0 atom stereocenters. The minimum Gasteiger partial charge on any atom is -0.464 e. The number of hydrogen-bond donors (Lipinski definition) is 0. The lowest BCUT2D eigenvalue weighted by atomic mass is 9.81. The van der Waals surface area contributed by atoms with Crippen LogP contribution in [0.15, 0.2) is 40.2 Å². The molecule has 2 aliphatic rings. The molecule has 4 rings (SSSR count). The Morgan fingerprint density at radius 3 is 2.68 bits per heavy atom. The molecule has 1 fully saturated rings. The molecule has 1 saturated carbocycles. The van der Waals surface area contributed by atoms with Crippen LogP contribution in [0.3, 0.4) is 0 Å². The fourth-order valence-corrected chi connectivity index (χ4v) is 7.04. The van der Waals surface area contributed by atoms with E-state index in [1.807, 2.05) is 0 Å². The van der Waals surface area contributed by atoms with Gasteiger partial charge in [-0.1, -0.05) is 29.5 Å². The summed E-state index contributed by atoms with van der Waals surface area (Å²) >= 11 is 1.37. The molecule has 1 aliphatic carbocycles. The lowest BCUT2D eigenvalue weighted by Crippen LogP contribution is -2.32. The van der Waals surface area contributed by atoms with Gasteiger partial charge in [-0.3, -0.25) is 9.69 Å². The number of alkyl halides is 2. The first-order chi connectivity index (χ1) is 18.1. The Kier molecular flexibility index (Phi) is 9.64. The third-order valence-corrected chi connectivity index (χ3v) is 9.90. The van der Waals surface area contributed by atoms with Crippen molar-refractivity contribution in [2.75, 3.05) is 25.4 Å². The molecule has 1 aromatic carbocycles. The van der Waals surface area contributed by atoms with Gasteiger partial charge in [0.2, 0.25) is 5.91 Å². The maximum atomic E-state index is 13.1. The van der Waals surface area contributed by atoms with Crippen LogP contribution in [-0.4, -0.2) is 61.8 Å². The summed E-state index contributed by atoms with van der Waals surface area (Å²) in [6.07, 6.45) is 7.66. The molecule has 1 aromatic heterocycles. The molecule has 208 valence electrons. The third-order valence-electron chi connectivity index (χ3n) is 7.10. The zero-order valence-corrected chi connectivity index (χ0v) is 23.3. The van der Waals surface area contributed by atoms with E-state index in [0.717, 1.165) is 75.7 Å². The summed E-state index contributed by atoms with van der Waals surface area (Å²) in [6.45, 7) is 2.81. The maximum absolute atomic E-state index is 13.1. The van der Waals surface area contributed by atoms with Crippen LogP contribution in [0.4, 0.5) is 8.78 Å². The average Bonchev–Trinajstić information content (AvgIpc) is 3.31. The van der Waals surface area contributed by atoms with Crippen molar-refractivity contribution in [1.82, 2.24) is 9.88 Å². The minimum absolute atomic E-state index is 0.113. The molecule has 7 nitrogen and oxygen atoms in total. The number of amides is 1. The van der Waals surface area contributed by atoms with Crippen LogP contribution in [0.25, 0.3) is 0 Å². The molecule has 2 heterocycles. The number of carbonyl (C=O) groups is 1. The second kappa shape index (κ2) is 12.7. The Morgan fingerprint density at radius 1 is 1.24 bits per heavy atom. The van der Waals surface area contributed by atoms with Crippen molar-refractivity contribution in [2.45, 2.75) is 69.2 Å². The number of thiazole rings is 1. The first-order valence-corrected chi connectivity index (χ1v) is 15.6. The van der Waals surface area contributed by atoms with Crippen molar-refractivity contribution in [3.05, 3.63) is 40.9 Å². The molecular weight excluding hydrogens is 532 g/mol. The molecule has 0 bridgehead atoms. The number of rotatable bonds is 11. The first-order valence-electron chi connectivity index (χ1n) is 13.1. The molecule has 2 aromatic rings. The highest BCUT2D eigenvalue weighted by Crippen LogP contribution is 2.33. The minimum atomic E-state index is -3.48. The van der Waals surface area contributed by atoms with E-state index in [9.17, 15) is 22.0 Å². The van der Waals surface area contributed by atoms with Gasteiger partial charge < -0.3 is 4.74 Å². The van der Waals surface area contributed by atoms with E-state index >= 15 is 0 Å². The van der Waals surface area contributed by atoms with E-state index in [1.165, 1.54) is 23.5 Å². The predicted octanol–water partition coefficient (Wildman–Crippen LogP) is 5.19. The summed E-state index contributed by atoms with van der Waals surface area (Å²) in [5, 5.41) is 0.328. The fraction of sp³-hybridized carbons (Fsp3) is 0.593. The lowest BCUT2D eigenvalue weighted by Gasteiger charge is -2.30. The molecule has 11 heteroatoms. The van der Waals surface area contributed by atoms with Gasteiger partial charge in [0.25, 0.3) is 11.1 Å². The highest BCUT2D eigenvalue weighted by atomic mass is 32.2. The Balaban J connectivity index is 1.14. The van der Waals surface area contributed by atoms with Crippen LogP contribution in [0.1, 0.15) is 56.0 Å². The third kappa shape index (κ3) is 8.64. The molecule has 1 aliphatic heterocycles. The number of aromatic nitrogens is 1. The molecular formula is C27H35F2N3O4S2. The van der Waals surface area contributed by atoms with Gasteiger partial charge in [0, 0.05) is 37.5 Å². The van der Waals surface area contributed by atoms with Crippen LogP contribution in [0.5, 0.6) is 5.19 Å². The van der Waals surface area contributed by atoms with Crippen LogP contribution < -0.4 is 4.74 Å². The maximum Gasteiger partial charge on any atom is 0.278 e. The van der Waals surface area contributed by atoms with Crippen LogP contribution in [0.2, 0.25) is 0 Å². The molecule has 1 amide bonds. The van der Waals surface area contributed by atoms with Crippen molar-refractivity contribution in [3.8, 4) is 5.19 Å². The van der Waals surface area contributed by atoms with Gasteiger partial charge in [0.1, 0.15) is 0 Å². The average molecular weight is 568 g/mol. The van der Waals surface area contributed by atoms with Gasteiger partial charge in [0.05, 0.1) is 16.3 Å². The molecule has 0 N–H and O–H groups in total. The highest BCUT2D eigenvalue weighted by molar-refractivity contribution is 7.91. The Bertz CT molecular complexity index is 1200. The summed E-state index contributed by atoms with van der Waals surface area (Å²) in [5.41, 5.74) is 0.942. The van der Waals surface area contributed by atoms with E-state index in [-0.39, 0.29) is 23.0 Å². The SMILES string of the molecule is CC(F)(F)COc1nc2c(s1)CCN(CCC1CCC(C=NC(=O)CCS(=O)(=O)c3ccccc3)CC1)C2. The van der Waals surface area contributed by atoms with E-state index in [4.69, 9.17) is 4.74 Å². The molecule has 0 unspecified atom stereocenters. The summed E-state index contributed by atoms with van der Waals surface area (Å²) in [4.78, 5) is 24.4. The van der Waals surface area contributed by atoms with E-state index in [2.05, 4.69) is 14.9 Å². The number of fused-ring (bicyclic) bond motifs is 1. The zero-order chi connectivity index (χ0) is 27.2. The summed E-state index contributed by atoms with van der Waals surface area (Å²) in [5.74, 6) is -2.63. The standard InChI is InChI=1S/C27H35F2N3O4S2/c1-27(28,29)19-36-26-31-23-18-32(15-12-24(23)37-26)14-11-20-7-9-21(10-8-20)17-30-25(33)13-16-38(34,35)22-5-3-2-4-6-22/h2-6,17,20-21H,7-16,18-19H2,1H3. The van der Waals surface area contributed by atoms with Crippen molar-refractivity contribution in [3.63, 3.8) is 0 Å². The van der Waals surface area contributed by atoms with Crippen LogP contribution in [0, 0.1) is 11.8 Å². The van der Waals surface area contributed by atoms with Crippen molar-refractivity contribution < 1.29 is 26.7 Å². The fourth-order valence-electron chi connectivity index (χ4n) is 4.88. The Labute approximate surface area is 227 Å². The smallest absolute Gasteiger partial charge is 0.278 e. The number of carbonyl (C=O) groups excluding carboxylic acids is 1. The van der Waals surface area contributed by atoms with Crippen LogP contribution in [-0.2, 0) is 27.6 Å². The lowest BCUT2D eigenvalue weighted by molar-refractivity contribution is -0.117. The Hall–Kier alpha value is -2.24. The van der Waals surface area contributed by atoms with Crippen molar-refractivity contribution in [1.29, 1.82) is 0 Å². The number of ether oxygens (including phenoxy) is 1. The Morgan fingerprint density at radius 2 is 1.97 bits per heavy atom. The molecule has 0 saturated heterocycles. The van der Waals surface area contributed by atoms with E-state index in [1.54, 1.807) is 24.4 Å². The largest absolute Gasteiger partial charge is 0.464 e. The quantitative estimate of drug-likeness (QED) is 0.347. The number of hydrogen-bond acceptors (Lipinski definition) is 7. The highest BCUT2D eigenvalue weighted by Gasteiger charge is 2.26. The molecule has 0 spiro atoms. The summed E-state index contributed by atoms with van der Waals surface area (Å²) in [7, 11) is -3.48. The number of sulfone groups is 1. The van der Waals surface area contributed by atoms with Gasteiger partial charge in [-0.15, -0.1) is 0 Å². The topological polar surface area (TPSA) is 88.9 Å². The van der Waals surface area contributed by atoms with Gasteiger partial charge >= 0.3 is 0 Å². The monoisotopic (exact) mass is 567 g/mol. The molecule has 38 heavy (non-hydrogen) atoms. The van der Waals surface area contributed by atoms with Crippen molar-refractivity contribution >= 4 is 33.3 Å². The van der Waals surface area contributed by atoms with E-state index in [0.29, 0.717) is 11.1 Å². The van der Waals surface area contributed by atoms with Gasteiger partial charge in [-0.25, -0.2) is 27.2 Å². The van der Waals surface area contributed by atoms with Crippen LogP contribution >= 0.6 is 11.3 Å². The van der Waals surface area contributed by atoms with Gasteiger partial charge in [0.15, 0.2) is 16.4 Å². The van der Waals surface area contributed by atoms with Gasteiger partial charge in [-0.2, -0.15) is 0 Å². The van der Waals surface area contributed by atoms with Crippen molar-refractivity contribution in [2.24, 2.45) is 16.8 Å². The second-order valence-corrected chi connectivity index (χ2v) is 13.5. The first kappa shape index (κ1) is 28.8.